The van der Waals surface area contributed by atoms with Gasteiger partial charge in [0.2, 0.25) is 0 Å². The summed E-state index contributed by atoms with van der Waals surface area (Å²) in [6.07, 6.45) is 1.60. The van der Waals surface area contributed by atoms with Crippen molar-refractivity contribution in [3.8, 4) is 0 Å². The van der Waals surface area contributed by atoms with Crippen LogP contribution in [-0.4, -0.2) is 54.1 Å². The zero-order chi connectivity index (χ0) is 11.4. The van der Waals surface area contributed by atoms with E-state index < -0.39 is 0 Å². The van der Waals surface area contributed by atoms with Gasteiger partial charge in [0.1, 0.15) is 6.26 Å². The molecule has 2 N–H and O–H groups in total. The van der Waals surface area contributed by atoms with Gasteiger partial charge in [-0.05, 0) is 0 Å². The highest BCUT2D eigenvalue weighted by Gasteiger charge is 2.18. The fourth-order valence-electron chi connectivity index (χ4n) is 1.82. The number of hydrogen-bond donors (Lipinski definition) is 1. The topological polar surface area (TPSA) is 70.9 Å². The van der Waals surface area contributed by atoms with E-state index in [4.69, 9.17) is 10.3 Å². The molecule has 2 rings (SSSR count). The molecule has 1 aliphatic rings. The molecular formula is C10H18IN5O. The second-order valence-electron chi connectivity index (χ2n) is 3.84. The van der Waals surface area contributed by atoms with Crippen LogP contribution in [-0.2, 0) is 6.54 Å². The molecule has 0 unspecified atom stereocenters. The van der Waals surface area contributed by atoms with E-state index >= 15 is 0 Å². The van der Waals surface area contributed by atoms with E-state index in [-0.39, 0.29) is 24.0 Å². The molecule has 0 spiro atoms. The van der Waals surface area contributed by atoms with Crippen LogP contribution in [0.25, 0.3) is 0 Å². The van der Waals surface area contributed by atoms with Gasteiger partial charge in [0.05, 0.1) is 5.69 Å². The predicted molar refractivity (Wildman–Crippen MR) is 76.3 cm³/mol. The van der Waals surface area contributed by atoms with Gasteiger partial charge in [-0.15, -0.1) is 24.0 Å². The lowest BCUT2D eigenvalue weighted by Gasteiger charge is -2.34. The zero-order valence-electron chi connectivity index (χ0n) is 9.87. The Kier molecular flexibility index (Phi) is 5.69. The molecule has 6 nitrogen and oxygen atoms in total. The van der Waals surface area contributed by atoms with Crippen molar-refractivity contribution in [1.29, 1.82) is 0 Å². The number of aromatic nitrogens is 1. The largest absolute Gasteiger partial charge is 0.370 e. The molecule has 17 heavy (non-hydrogen) atoms. The summed E-state index contributed by atoms with van der Waals surface area (Å²) in [4.78, 5) is 8.41. The van der Waals surface area contributed by atoms with E-state index in [9.17, 15) is 0 Å². The van der Waals surface area contributed by atoms with Crippen LogP contribution in [0.15, 0.2) is 21.8 Å². The summed E-state index contributed by atoms with van der Waals surface area (Å²) in [7, 11) is 1.72. The summed E-state index contributed by atoms with van der Waals surface area (Å²) in [5, 5.41) is 3.90. The molecule has 1 saturated heterocycles. The molecule has 0 atom stereocenters. The van der Waals surface area contributed by atoms with Gasteiger partial charge in [-0.3, -0.25) is 9.89 Å². The summed E-state index contributed by atoms with van der Waals surface area (Å²) < 4.78 is 4.81. The van der Waals surface area contributed by atoms with Gasteiger partial charge in [-0.1, -0.05) is 5.16 Å². The van der Waals surface area contributed by atoms with Gasteiger partial charge < -0.3 is 15.2 Å². The van der Waals surface area contributed by atoms with Gasteiger partial charge >= 0.3 is 0 Å². The molecule has 0 aliphatic carbocycles. The molecule has 0 radical (unpaired) electrons. The molecule has 1 fully saturated rings. The minimum absolute atomic E-state index is 0. The van der Waals surface area contributed by atoms with E-state index in [1.165, 1.54) is 0 Å². The number of nitrogens with two attached hydrogens (primary N) is 1. The highest BCUT2D eigenvalue weighted by atomic mass is 127. The third kappa shape index (κ3) is 3.84. The van der Waals surface area contributed by atoms with E-state index in [0.29, 0.717) is 5.96 Å². The van der Waals surface area contributed by atoms with Crippen molar-refractivity contribution in [2.75, 3.05) is 33.2 Å². The Morgan fingerprint density at radius 3 is 2.71 bits per heavy atom. The number of nitrogens with zero attached hydrogens (tertiary/aromatic N) is 4. The smallest absolute Gasteiger partial charge is 0.191 e. The Morgan fingerprint density at radius 1 is 1.47 bits per heavy atom. The van der Waals surface area contributed by atoms with E-state index in [1.54, 1.807) is 13.3 Å². The highest BCUT2D eigenvalue weighted by Crippen LogP contribution is 2.06. The molecular weight excluding hydrogens is 333 g/mol. The number of piperazine rings is 1. The predicted octanol–water partition coefficient (Wildman–Crippen LogP) is 0.355. The second kappa shape index (κ2) is 6.80. The molecule has 2 heterocycles. The lowest BCUT2D eigenvalue weighted by Crippen LogP contribution is -2.50. The summed E-state index contributed by atoms with van der Waals surface area (Å²) in [6.45, 7) is 4.63. The molecule has 0 amide bonds. The fourth-order valence-corrected chi connectivity index (χ4v) is 1.82. The first-order valence-corrected chi connectivity index (χ1v) is 5.38. The van der Waals surface area contributed by atoms with Crippen LogP contribution >= 0.6 is 24.0 Å². The van der Waals surface area contributed by atoms with Gasteiger partial charge in [0, 0.05) is 45.8 Å². The maximum atomic E-state index is 5.76. The third-order valence-corrected chi connectivity index (χ3v) is 2.80. The van der Waals surface area contributed by atoms with Crippen LogP contribution in [0.2, 0.25) is 0 Å². The van der Waals surface area contributed by atoms with Crippen molar-refractivity contribution in [1.82, 2.24) is 15.0 Å². The van der Waals surface area contributed by atoms with Gasteiger partial charge in [0.25, 0.3) is 0 Å². The lowest BCUT2D eigenvalue weighted by atomic mass is 10.3. The van der Waals surface area contributed by atoms with Gasteiger partial charge in [0.15, 0.2) is 5.96 Å². The quantitative estimate of drug-likeness (QED) is 0.473. The van der Waals surface area contributed by atoms with Crippen molar-refractivity contribution >= 4 is 29.9 Å². The molecule has 1 aromatic heterocycles. The number of guanidine groups is 1. The lowest BCUT2D eigenvalue weighted by molar-refractivity contribution is 0.171. The average Bonchev–Trinajstić information content (AvgIpc) is 2.82. The van der Waals surface area contributed by atoms with Crippen LogP contribution in [0.1, 0.15) is 5.69 Å². The standard InChI is InChI=1S/C10H17N5O.HI/c1-12-10(11)15-5-3-14(4-6-15)8-9-2-7-16-13-9;/h2,7H,3-6,8H2,1H3,(H2,11,12);1H. The summed E-state index contributed by atoms with van der Waals surface area (Å²) in [6, 6.07) is 1.90. The monoisotopic (exact) mass is 351 g/mol. The Balaban J connectivity index is 0.00000144. The first-order valence-electron chi connectivity index (χ1n) is 5.38. The maximum Gasteiger partial charge on any atom is 0.191 e. The van der Waals surface area contributed by atoms with Crippen LogP contribution < -0.4 is 5.73 Å². The second-order valence-corrected chi connectivity index (χ2v) is 3.84. The number of aliphatic imine (C=N–C) groups is 1. The number of hydrogen-bond acceptors (Lipinski definition) is 4. The first kappa shape index (κ1) is 14.2. The molecule has 1 aromatic rings. The third-order valence-electron chi connectivity index (χ3n) is 2.80. The van der Waals surface area contributed by atoms with Crippen molar-refractivity contribution in [3.05, 3.63) is 18.0 Å². The van der Waals surface area contributed by atoms with Crippen molar-refractivity contribution < 1.29 is 4.52 Å². The van der Waals surface area contributed by atoms with Crippen molar-refractivity contribution in [2.45, 2.75) is 6.54 Å². The van der Waals surface area contributed by atoms with Crippen LogP contribution in [0.4, 0.5) is 0 Å². The van der Waals surface area contributed by atoms with E-state index in [0.717, 1.165) is 38.4 Å². The average molecular weight is 351 g/mol. The van der Waals surface area contributed by atoms with Crippen molar-refractivity contribution in [2.24, 2.45) is 10.7 Å². The molecule has 96 valence electrons. The zero-order valence-corrected chi connectivity index (χ0v) is 12.2. The van der Waals surface area contributed by atoms with Crippen LogP contribution in [0, 0.1) is 0 Å². The molecule has 1 aliphatic heterocycles. The minimum atomic E-state index is 0. The normalized spacial score (nSPS) is 17.9. The molecule has 0 saturated carbocycles. The molecule has 0 bridgehead atoms. The van der Waals surface area contributed by atoms with Crippen molar-refractivity contribution in [3.63, 3.8) is 0 Å². The summed E-state index contributed by atoms with van der Waals surface area (Å²) in [5.74, 6) is 0.626. The van der Waals surface area contributed by atoms with E-state index in [2.05, 4.69) is 19.9 Å². The maximum absolute atomic E-state index is 5.76. The van der Waals surface area contributed by atoms with Gasteiger partial charge in [-0.25, -0.2) is 0 Å². The first-order chi connectivity index (χ1) is 7.79. The van der Waals surface area contributed by atoms with E-state index in [1.807, 2.05) is 6.07 Å². The highest BCUT2D eigenvalue weighted by molar-refractivity contribution is 14.0. The Bertz CT molecular complexity index is 346. The number of rotatable bonds is 2. The van der Waals surface area contributed by atoms with Crippen LogP contribution in [0.5, 0.6) is 0 Å². The minimum Gasteiger partial charge on any atom is -0.370 e. The molecule has 0 aromatic carbocycles. The summed E-state index contributed by atoms with van der Waals surface area (Å²) in [5.41, 5.74) is 6.74. The Hall–Kier alpha value is -0.830. The SMILES string of the molecule is CN=C(N)N1CCN(Cc2ccon2)CC1.I. The van der Waals surface area contributed by atoms with Gasteiger partial charge in [-0.2, -0.15) is 0 Å². The Labute approximate surface area is 118 Å². The Morgan fingerprint density at radius 2 is 2.18 bits per heavy atom. The number of halogens is 1. The summed E-state index contributed by atoms with van der Waals surface area (Å²) >= 11 is 0. The fraction of sp³-hybridized carbons (Fsp3) is 0.600. The van der Waals surface area contributed by atoms with Crippen LogP contribution in [0.3, 0.4) is 0 Å². The molecule has 7 heteroatoms.